The molecule has 3 rings (SSSR count). The van der Waals surface area contributed by atoms with Crippen molar-refractivity contribution in [2.45, 2.75) is 45.4 Å². The number of amides is 1. The Morgan fingerprint density at radius 2 is 1.85 bits per heavy atom. The average Bonchev–Trinajstić information content (AvgIpc) is 3.19. The van der Waals surface area contributed by atoms with Gasteiger partial charge in [0.25, 0.3) is 5.91 Å². The molecule has 0 aliphatic carbocycles. The van der Waals surface area contributed by atoms with Gasteiger partial charge in [-0.15, -0.1) is 0 Å². The number of rotatable bonds is 8. The van der Waals surface area contributed by atoms with Gasteiger partial charge >= 0.3 is 0 Å². The highest BCUT2D eigenvalue weighted by Crippen LogP contribution is 2.16. The van der Waals surface area contributed by atoms with Crippen molar-refractivity contribution in [3.63, 3.8) is 0 Å². The molecule has 1 heterocycles. The maximum absolute atomic E-state index is 13.0. The summed E-state index contributed by atoms with van der Waals surface area (Å²) in [5.74, 6) is 0.00597. The molecule has 144 valence electrons. The minimum Gasteiger partial charge on any atom is -0.481 e. The maximum Gasteiger partial charge on any atom is 0.261 e. The van der Waals surface area contributed by atoms with E-state index in [4.69, 9.17) is 4.74 Å². The molecule has 1 amide bonds. The number of carbonyl (C=O) groups is 1. The molecule has 0 aromatic heterocycles. The monoisotopic (exact) mass is 370 g/mol. The molecule has 2 aromatic carbocycles. The largest absolute Gasteiger partial charge is 0.481 e. The van der Waals surface area contributed by atoms with Gasteiger partial charge in [-0.05, 0) is 67.7 Å². The third kappa shape index (κ3) is 5.79. The number of nitrogens with one attached hydrogen (secondary N) is 1. The van der Waals surface area contributed by atoms with E-state index in [9.17, 15) is 9.18 Å². The average molecular weight is 370 g/mol. The molecule has 1 fully saturated rings. The van der Waals surface area contributed by atoms with E-state index >= 15 is 0 Å². The molecule has 1 N–H and O–H groups in total. The van der Waals surface area contributed by atoms with Crippen molar-refractivity contribution in [1.29, 1.82) is 0 Å². The standard InChI is InChI=1S/C22H27FN2O2/c1-2-21(27-20-10-8-19(23)9-11-20)22(26)24-15-17-6-5-7-18(14-17)16-25-12-3-4-13-25/h5-11,14,21H,2-4,12-13,15-16H2,1H3,(H,24,26)/t21-/m0/s1. The highest BCUT2D eigenvalue weighted by molar-refractivity contribution is 5.81. The number of ether oxygens (including phenoxy) is 1. The minimum atomic E-state index is -0.594. The Hall–Kier alpha value is -2.40. The van der Waals surface area contributed by atoms with Crippen molar-refractivity contribution >= 4 is 5.91 Å². The van der Waals surface area contributed by atoms with Crippen LogP contribution in [0.2, 0.25) is 0 Å². The molecule has 0 unspecified atom stereocenters. The summed E-state index contributed by atoms with van der Waals surface area (Å²) in [4.78, 5) is 14.9. The van der Waals surface area contributed by atoms with Crippen LogP contribution >= 0.6 is 0 Å². The normalized spacial score (nSPS) is 15.5. The van der Waals surface area contributed by atoms with Gasteiger partial charge in [0.2, 0.25) is 0 Å². The molecule has 4 nitrogen and oxygen atoms in total. The molecule has 1 aliphatic heterocycles. The smallest absolute Gasteiger partial charge is 0.261 e. The van der Waals surface area contributed by atoms with Crippen molar-refractivity contribution in [3.8, 4) is 5.75 Å². The Balaban J connectivity index is 1.53. The quantitative estimate of drug-likeness (QED) is 0.766. The van der Waals surface area contributed by atoms with Gasteiger partial charge < -0.3 is 10.1 Å². The van der Waals surface area contributed by atoms with Crippen molar-refractivity contribution in [2.24, 2.45) is 0 Å². The molecular formula is C22H27FN2O2. The maximum atomic E-state index is 13.0. The number of nitrogens with zero attached hydrogens (tertiary/aromatic N) is 1. The lowest BCUT2D eigenvalue weighted by Gasteiger charge is -2.18. The fourth-order valence-corrected chi connectivity index (χ4v) is 3.34. The number of likely N-dealkylation sites (tertiary alicyclic amines) is 1. The van der Waals surface area contributed by atoms with Gasteiger partial charge in [-0.3, -0.25) is 9.69 Å². The lowest BCUT2D eigenvalue weighted by atomic mass is 10.1. The van der Waals surface area contributed by atoms with E-state index in [0.29, 0.717) is 18.7 Å². The van der Waals surface area contributed by atoms with Crippen molar-refractivity contribution in [2.75, 3.05) is 13.1 Å². The Morgan fingerprint density at radius 1 is 1.15 bits per heavy atom. The zero-order valence-electron chi connectivity index (χ0n) is 15.8. The zero-order chi connectivity index (χ0) is 19.1. The highest BCUT2D eigenvalue weighted by Gasteiger charge is 2.18. The van der Waals surface area contributed by atoms with Crippen LogP contribution in [0, 0.1) is 5.82 Å². The van der Waals surface area contributed by atoms with E-state index in [0.717, 1.165) is 12.1 Å². The molecule has 5 heteroatoms. The minimum absolute atomic E-state index is 0.160. The first-order valence-electron chi connectivity index (χ1n) is 9.64. The summed E-state index contributed by atoms with van der Waals surface area (Å²) in [6.07, 6.45) is 2.51. The van der Waals surface area contributed by atoms with Crippen molar-refractivity contribution in [1.82, 2.24) is 10.2 Å². The Morgan fingerprint density at radius 3 is 2.56 bits per heavy atom. The van der Waals surface area contributed by atoms with E-state index in [1.165, 1.54) is 55.8 Å². The lowest BCUT2D eigenvalue weighted by Crippen LogP contribution is -2.37. The topological polar surface area (TPSA) is 41.6 Å². The number of hydrogen-bond acceptors (Lipinski definition) is 3. The van der Waals surface area contributed by atoms with Crippen LogP contribution in [0.4, 0.5) is 4.39 Å². The molecule has 27 heavy (non-hydrogen) atoms. The first kappa shape index (κ1) is 19.4. The zero-order valence-corrected chi connectivity index (χ0v) is 15.8. The second-order valence-corrected chi connectivity index (χ2v) is 6.99. The predicted molar refractivity (Wildman–Crippen MR) is 104 cm³/mol. The first-order valence-corrected chi connectivity index (χ1v) is 9.64. The van der Waals surface area contributed by atoms with Crippen LogP contribution in [0.15, 0.2) is 48.5 Å². The summed E-state index contributed by atoms with van der Waals surface area (Å²) in [7, 11) is 0. The fraction of sp³-hybridized carbons (Fsp3) is 0.409. The number of hydrogen-bond donors (Lipinski definition) is 1. The van der Waals surface area contributed by atoms with E-state index in [-0.39, 0.29) is 11.7 Å². The highest BCUT2D eigenvalue weighted by atomic mass is 19.1. The Bertz CT molecular complexity index is 742. The van der Waals surface area contributed by atoms with Gasteiger partial charge in [-0.1, -0.05) is 31.2 Å². The van der Waals surface area contributed by atoms with Crippen molar-refractivity contribution in [3.05, 3.63) is 65.5 Å². The summed E-state index contributed by atoms with van der Waals surface area (Å²) in [5, 5.41) is 2.95. The summed E-state index contributed by atoms with van der Waals surface area (Å²) in [6.45, 7) is 5.66. The summed E-state index contributed by atoms with van der Waals surface area (Å²) in [5.41, 5.74) is 2.36. The first-order chi connectivity index (χ1) is 13.1. The number of halogens is 1. The molecule has 0 radical (unpaired) electrons. The lowest BCUT2D eigenvalue weighted by molar-refractivity contribution is -0.128. The summed E-state index contributed by atoms with van der Waals surface area (Å²) < 4.78 is 18.7. The van der Waals surface area contributed by atoms with Crippen LogP contribution in [0.25, 0.3) is 0 Å². The van der Waals surface area contributed by atoms with Crippen LogP contribution in [-0.4, -0.2) is 30.0 Å². The third-order valence-electron chi connectivity index (χ3n) is 4.82. The molecule has 1 aliphatic rings. The molecule has 0 spiro atoms. The second kappa shape index (κ2) is 9.51. The van der Waals surface area contributed by atoms with Crippen LogP contribution in [0.1, 0.15) is 37.3 Å². The molecule has 2 aromatic rings. The summed E-state index contributed by atoms with van der Waals surface area (Å²) >= 11 is 0. The number of carbonyl (C=O) groups excluding carboxylic acids is 1. The summed E-state index contributed by atoms with van der Waals surface area (Å²) in [6, 6.07) is 14.1. The molecule has 1 saturated heterocycles. The SMILES string of the molecule is CC[C@H](Oc1ccc(F)cc1)C(=O)NCc1cccc(CN2CCCC2)c1. The fourth-order valence-electron chi connectivity index (χ4n) is 3.34. The number of benzene rings is 2. The van der Waals surface area contributed by atoms with Gasteiger partial charge in [-0.2, -0.15) is 0 Å². The molecule has 1 atom stereocenters. The van der Waals surface area contributed by atoms with Crippen LogP contribution in [-0.2, 0) is 17.9 Å². The molecule has 0 bridgehead atoms. The predicted octanol–water partition coefficient (Wildman–Crippen LogP) is 3.90. The second-order valence-electron chi connectivity index (χ2n) is 6.99. The van der Waals surface area contributed by atoms with E-state index < -0.39 is 6.10 Å². The Labute approximate surface area is 160 Å². The van der Waals surface area contributed by atoms with E-state index in [1.54, 1.807) is 0 Å². The van der Waals surface area contributed by atoms with Crippen LogP contribution < -0.4 is 10.1 Å². The van der Waals surface area contributed by atoms with Gasteiger partial charge in [0.15, 0.2) is 6.10 Å². The molecular weight excluding hydrogens is 343 g/mol. The third-order valence-corrected chi connectivity index (χ3v) is 4.82. The van der Waals surface area contributed by atoms with Gasteiger partial charge in [0.05, 0.1) is 0 Å². The van der Waals surface area contributed by atoms with Gasteiger partial charge in [-0.25, -0.2) is 4.39 Å². The Kier molecular flexibility index (Phi) is 6.82. The van der Waals surface area contributed by atoms with E-state index in [1.807, 2.05) is 19.1 Å². The van der Waals surface area contributed by atoms with Crippen LogP contribution in [0.5, 0.6) is 5.75 Å². The van der Waals surface area contributed by atoms with E-state index in [2.05, 4.69) is 22.3 Å². The van der Waals surface area contributed by atoms with Gasteiger partial charge in [0, 0.05) is 13.1 Å². The van der Waals surface area contributed by atoms with Crippen LogP contribution in [0.3, 0.4) is 0 Å². The molecule has 0 saturated carbocycles. The van der Waals surface area contributed by atoms with Crippen molar-refractivity contribution < 1.29 is 13.9 Å². The van der Waals surface area contributed by atoms with Gasteiger partial charge in [0.1, 0.15) is 11.6 Å².